The van der Waals surface area contributed by atoms with Gasteiger partial charge in [-0.1, -0.05) is 24.3 Å². The number of amides is 1. The first-order valence-corrected chi connectivity index (χ1v) is 15.1. The van der Waals surface area contributed by atoms with Gasteiger partial charge in [-0.05, 0) is 84.9 Å². The molecule has 0 spiro atoms. The first-order chi connectivity index (χ1) is 18.6. The number of nitrogens with zero attached hydrogens (tertiary/aromatic N) is 2. The lowest BCUT2D eigenvalue weighted by Crippen LogP contribution is -2.45. The zero-order chi connectivity index (χ0) is 26.0. The van der Waals surface area contributed by atoms with E-state index in [2.05, 4.69) is 57.4 Å². The van der Waals surface area contributed by atoms with Crippen molar-refractivity contribution in [2.75, 3.05) is 31.6 Å². The molecule has 2 aliphatic carbocycles. The number of nitrogens with two attached hydrogens (primary N) is 1. The number of carbonyl (C=O) groups excluding carboxylic acids is 1. The van der Waals surface area contributed by atoms with E-state index < -0.39 is 0 Å². The SMILES string of the molecule is NC1(c2ccc(-c3ncc(NC(=O)CC4CCC(N5CCOCC5)CC4)cc3-c3ccsc3)cc2)CCC1. The van der Waals surface area contributed by atoms with E-state index in [4.69, 9.17) is 15.5 Å². The lowest BCUT2D eigenvalue weighted by Gasteiger charge is -2.38. The third kappa shape index (κ3) is 5.57. The van der Waals surface area contributed by atoms with Crippen LogP contribution in [0.25, 0.3) is 22.4 Å². The van der Waals surface area contributed by atoms with Crippen LogP contribution in [-0.2, 0) is 15.1 Å². The minimum atomic E-state index is -0.169. The van der Waals surface area contributed by atoms with Crippen molar-refractivity contribution >= 4 is 22.9 Å². The predicted octanol–water partition coefficient (Wildman–Crippen LogP) is 6.03. The van der Waals surface area contributed by atoms with Gasteiger partial charge < -0.3 is 15.8 Å². The summed E-state index contributed by atoms with van der Waals surface area (Å²) < 4.78 is 5.50. The standard InChI is InChI=1S/C31H38N4O2S/c32-31(11-1-12-31)25-6-4-23(5-7-25)30-28(24-10-17-38-21-24)19-26(20-33-30)34-29(36)18-22-2-8-27(9-3-22)35-13-15-37-16-14-35/h4-7,10,17,19-22,27H,1-3,8-9,11-16,18,32H2,(H,34,36). The van der Waals surface area contributed by atoms with Crippen molar-refractivity contribution < 1.29 is 9.53 Å². The third-order valence-corrected chi connectivity index (χ3v) is 9.52. The lowest BCUT2D eigenvalue weighted by molar-refractivity contribution is -0.117. The van der Waals surface area contributed by atoms with Gasteiger partial charge in [-0.3, -0.25) is 14.7 Å². The highest BCUT2D eigenvalue weighted by Gasteiger charge is 2.34. The highest BCUT2D eigenvalue weighted by Crippen LogP contribution is 2.40. The Hall–Kier alpha value is -2.58. The number of thiophene rings is 1. The molecule has 3 heterocycles. The molecule has 1 aliphatic heterocycles. The van der Waals surface area contributed by atoms with E-state index in [-0.39, 0.29) is 11.4 Å². The number of aromatic nitrogens is 1. The largest absolute Gasteiger partial charge is 0.379 e. The van der Waals surface area contributed by atoms with Crippen LogP contribution < -0.4 is 11.1 Å². The molecule has 0 radical (unpaired) electrons. The molecule has 1 amide bonds. The van der Waals surface area contributed by atoms with Gasteiger partial charge >= 0.3 is 0 Å². The Balaban J connectivity index is 1.12. The Labute approximate surface area is 229 Å². The molecule has 3 aromatic rings. The minimum absolute atomic E-state index is 0.0868. The van der Waals surface area contributed by atoms with Gasteiger partial charge in [0.1, 0.15) is 0 Å². The maximum atomic E-state index is 13.0. The number of benzene rings is 1. The molecule has 1 saturated heterocycles. The molecule has 200 valence electrons. The number of anilines is 1. The number of rotatable bonds is 7. The second kappa shape index (κ2) is 11.3. The van der Waals surface area contributed by atoms with Crippen molar-refractivity contribution in [3.05, 3.63) is 58.9 Å². The van der Waals surface area contributed by atoms with Crippen molar-refractivity contribution in [3.63, 3.8) is 0 Å². The van der Waals surface area contributed by atoms with Crippen molar-refractivity contribution in [1.82, 2.24) is 9.88 Å². The summed E-state index contributed by atoms with van der Waals surface area (Å²) in [6.45, 7) is 3.79. The smallest absolute Gasteiger partial charge is 0.224 e. The molecule has 6 nitrogen and oxygen atoms in total. The number of carbonyl (C=O) groups is 1. The lowest BCUT2D eigenvalue weighted by atomic mass is 9.72. The summed E-state index contributed by atoms with van der Waals surface area (Å²) in [7, 11) is 0. The second-order valence-corrected chi connectivity index (χ2v) is 12.1. The summed E-state index contributed by atoms with van der Waals surface area (Å²) in [6.07, 6.45) is 10.3. The van der Waals surface area contributed by atoms with Crippen LogP contribution in [-0.4, -0.2) is 48.1 Å². The molecular formula is C31H38N4O2S. The Morgan fingerprint density at radius 2 is 1.84 bits per heavy atom. The van der Waals surface area contributed by atoms with Crippen LogP contribution in [0.15, 0.2) is 53.4 Å². The predicted molar refractivity (Wildman–Crippen MR) is 154 cm³/mol. The van der Waals surface area contributed by atoms with E-state index in [0.29, 0.717) is 18.4 Å². The van der Waals surface area contributed by atoms with Crippen LogP contribution in [0.1, 0.15) is 56.9 Å². The Kier molecular flexibility index (Phi) is 7.61. The molecule has 6 rings (SSSR count). The molecular weight excluding hydrogens is 492 g/mol. The molecule has 7 heteroatoms. The number of hydrogen-bond donors (Lipinski definition) is 2. The topological polar surface area (TPSA) is 80.5 Å². The number of nitrogens with one attached hydrogen (secondary N) is 1. The van der Waals surface area contributed by atoms with Gasteiger partial charge in [-0.2, -0.15) is 11.3 Å². The second-order valence-electron chi connectivity index (χ2n) is 11.3. The van der Waals surface area contributed by atoms with E-state index in [9.17, 15) is 4.79 Å². The van der Waals surface area contributed by atoms with Gasteiger partial charge in [0.2, 0.25) is 5.91 Å². The monoisotopic (exact) mass is 530 g/mol. The molecule has 3 fully saturated rings. The maximum absolute atomic E-state index is 13.0. The third-order valence-electron chi connectivity index (χ3n) is 8.84. The molecule has 0 bridgehead atoms. The fraction of sp³-hybridized carbons (Fsp3) is 0.484. The molecule has 3 N–H and O–H groups in total. The van der Waals surface area contributed by atoms with Crippen LogP contribution in [0.3, 0.4) is 0 Å². The summed E-state index contributed by atoms with van der Waals surface area (Å²) in [5, 5.41) is 7.36. The van der Waals surface area contributed by atoms with Gasteiger partial charge in [-0.25, -0.2) is 0 Å². The first kappa shape index (κ1) is 25.7. The van der Waals surface area contributed by atoms with Gasteiger partial charge in [0.25, 0.3) is 0 Å². The molecule has 1 aromatic carbocycles. The fourth-order valence-electron chi connectivity index (χ4n) is 6.34. The number of morpholine rings is 1. The zero-order valence-electron chi connectivity index (χ0n) is 22.0. The van der Waals surface area contributed by atoms with E-state index >= 15 is 0 Å². The normalized spacial score (nSPS) is 23.5. The van der Waals surface area contributed by atoms with Gasteiger partial charge in [0.05, 0.1) is 30.8 Å². The van der Waals surface area contributed by atoms with Crippen LogP contribution in [0, 0.1) is 5.92 Å². The Morgan fingerprint density at radius 3 is 2.50 bits per heavy atom. The summed E-state index contributed by atoms with van der Waals surface area (Å²) in [6, 6.07) is 13.4. The van der Waals surface area contributed by atoms with E-state index in [1.165, 1.54) is 24.8 Å². The Bertz CT molecular complexity index is 1230. The van der Waals surface area contributed by atoms with E-state index in [1.54, 1.807) is 17.5 Å². The average molecular weight is 531 g/mol. The highest BCUT2D eigenvalue weighted by atomic mass is 32.1. The molecule has 2 saturated carbocycles. The summed E-state index contributed by atoms with van der Waals surface area (Å²) in [4.78, 5) is 20.4. The molecule has 38 heavy (non-hydrogen) atoms. The van der Waals surface area contributed by atoms with Crippen molar-refractivity contribution in [2.24, 2.45) is 11.7 Å². The summed E-state index contributed by atoms with van der Waals surface area (Å²) >= 11 is 1.67. The average Bonchev–Trinajstić information content (AvgIpc) is 3.48. The molecule has 0 atom stereocenters. The van der Waals surface area contributed by atoms with E-state index in [1.807, 2.05) is 0 Å². The Morgan fingerprint density at radius 1 is 1.08 bits per heavy atom. The number of pyridine rings is 1. The minimum Gasteiger partial charge on any atom is -0.379 e. The first-order valence-electron chi connectivity index (χ1n) is 14.1. The fourth-order valence-corrected chi connectivity index (χ4v) is 6.99. The zero-order valence-corrected chi connectivity index (χ0v) is 22.8. The van der Waals surface area contributed by atoms with Gasteiger partial charge in [-0.15, -0.1) is 0 Å². The number of ether oxygens (including phenoxy) is 1. The van der Waals surface area contributed by atoms with Crippen LogP contribution in [0.4, 0.5) is 5.69 Å². The van der Waals surface area contributed by atoms with Crippen LogP contribution in [0.2, 0.25) is 0 Å². The van der Waals surface area contributed by atoms with E-state index in [0.717, 1.165) is 80.1 Å². The highest BCUT2D eigenvalue weighted by molar-refractivity contribution is 7.08. The summed E-state index contributed by atoms with van der Waals surface area (Å²) in [5.41, 5.74) is 12.5. The van der Waals surface area contributed by atoms with Gasteiger partial charge in [0, 0.05) is 42.2 Å². The van der Waals surface area contributed by atoms with Crippen LogP contribution in [0.5, 0.6) is 0 Å². The van der Waals surface area contributed by atoms with Crippen molar-refractivity contribution in [3.8, 4) is 22.4 Å². The molecule has 2 aromatic heterocycles. The van der Waals surface area contributed by atoms with Crippen molar-refractivity contribution in [1.29, 1.82) is 0 Å². The molecule has 3 aliphatic rings. The van der Waals surface area contributed by atoms with Gasteiger partial charge in [0.15, 0.2) is 0 Å². The quantitative estimate of drug-likeness (QED) is 0.390. The van der Waals surface area contributed by atoms with Crippen LogP contribution >= 0.6 is 11.3 Å². The molecule has 0 unspecified atom stereocenters. The summed E-state index contributed by atoms with van der Waals surface area (Å²) in [5.74, 6) is 0.541. The maximum Gasteiger partial charge on any atom is 0.224 e. The number of hydrogen-bond acceptors (Lipinski definition) is 6. The van der Waals surface area contributed by atoms with Crippen molar-refractivity contribution in [2.45, 2.75) is 62.9 Å².